The summed E-state index contributed by atoms with van der Waals surface area (Å²) < 4.78 is 60.9. The van der Waals surface area contributed by atoms with E-state index in [1.165, 1.54) is 35.3 Å². The molecule has 0 amide bonds. The molecule has 0 aliphatic carbocycles. The molecule has 0 fully saturated rings. The molecular formula is C58H124N9O10P3S3. The monoisotopic (exact) mass is 1300 g/mol. The third kappa shape index (κ3) is 34.1. The number of ether oxygens (including phenoxy) is 4. The maximum atomic E-state index is 12.2. The van der Waals surface area contributed by atoms with Crippen molar-refractivity contribution in [2.75, 3.05) is 83.5 Å². The minimum absolute atomic E-state index is 0.0399. The van der Waals surface area contributed by atoms with E-state index >= 15 is 0 Å². The number of thioether (sulfide) groups is 3. The molecule has 0 aliphatic rings. The van der Waals surface area contributed by atoms with Gasteiger partial charge in [0, 0.05) is 130 Å². The van der Waals surface area contributed by atoms with Crippen LogP contribution in [-0.4, -0.2) is 206 Å². The maximum absolute atomic E-state index is 12.2. The van der Waals surface area contributed by atoms with Crippen molar-refractivity contribution in [2.24, 2.45) is 17.2 Å². The van der Waals surface area contributed by atoms with E-state index in [9.17, 15) is 14.4 Å². The summed E-state index contributed by atoms with van der Waals surface area (Å²) >= 11 is 3.74. The summed E-state index contributed by atoms with van der Waals surface area (Å²) in [5, 5.41) is 0.223. The summed E-state index contributed by atoms with van der Waals surface area (Å²) in [6.45, 7) is 51.1. The first-order valence-corrected chi connectivity index (χ1v) is 37.5. The Bertz CT molecular complexity index is 1650. The zero-order valence-corrected chi connectivity index (χ0v) is 61.1. The van der Waals surface area contributed by atoms with Crippen LogP contribution in [0.4, 0.5) is 0 Å². The summed E-state index contributed by atoms with van der Waals surface area (Å²) in [5.74, 6) is 1.49. The van der Waals surface area contributed by atoms with Crippen LogP contribution in [0.15, 0.2) is 0 Å². The molecule has 0 aromatic rings. The molecule has 83 heavy (non-hydrogen) atoms. The first-order chi connectivity index (χ1) is 39.1. The molecule has 0 heterocycles. The third-order valence-corrected chi connectivity index (χ3v) is 24.8. The summed E-state index contributed by atoms with van der Waals surface area (Å²) in [6, 6.07) is 2.27. The van der Waals surface area contributed by atoms with Gasteiger partial charge in [-0.1, -0.05) is 35.3 Å². The minimum atomic E-state index is -1.34. The van der Waals surface area contributed by atoms with Crippen molar-refractivity contribution in [2.45, 2.75) is 276 Å². The molecule has 0 spiro atoms. The van der Waals surface area contributed by atoms with Gasteiger partial charge in [0.05, 0.1) is 32.4 Å². The van der Waals surface area contributed by atoms with Crippen LogP contribution < -0.4 is 17.2 Å². The highest BCUT2D eigenvalue weighted by molar-refractivity contribution is 8.14. The average molecular weight is 1300 g/mol. The van der Waals surface area contributed by atoms with E-state index in [0.29, 0.717) is 83.4 Å². The molecule has 0 aliphatic heterocycles. The van der Waals surface area contributed by atoms with Crippen molar-refractivity contribution in [1.82, 2.24) is 28.0 Å². The highest BCUT2D eigenvalue weighted by Gasteiger charge is 2.41. The van der Waals surface area contributed by atoms with Gasteiger partial charge in [0.2, 0.25) is 0 Å². The molecule has 25 heteroatoms. The van der Waals surface area contributed by atoms with Gasteiger partial charge < -0.3 is 49.7 Å². The van der Waals surface area contributed by atoms with E-state index in [1.54, 1.807) is 0 Å². The molecule has 0 radical (unpaired) electrons. The fraction of sp³-hybridized carbons (Fsp3) is 0.948. The van der Waals surface area contributed by atoms with Crippen LogP contribution in [0.3, 0.4) is 0 Å². The predicted octanol–water partition coefficient (Wildman–Crippen LogP) is 12.5. The fourth-order valence-electron chi connectivity index (χ4n) is 9.93. The first kappa shape index (κ1) is 83.7. The summed E-state index contributed by atoms with van der Waals surface area (Å²) in [4.78, 5) is 36.4. The maximum Gasteiger partial charge on any atom is 0.192 e. The second-order valence-corrected chi connectivity index (χ2v) is 31.7. The number of carbonyl (C=O) groups is 3. The fourth-order valence-corrected chi connectivity index (χ4v) is 19.1. The second kappa shape index (κ2) is 48.5. The molecule has 6 N–H and O–H groups in total. The molecule has 0 aromatic heterocycles. The lowest BCUT2D eigenvalue weighted by Crippen LogP contribution is -2.47. The van der Waals surface area contributed by atoms with Crippen LogP contribution in [0.25, 0.3) is 0 Å². The molecule has 494 valence electrons. The van der Waals surface area contributed by atoms with E-state index in [1.807, 2.05) is 6.92 Å². The molecule has 0 aromatic carbocycles. The largest absolute Gasteiger partial charge is 0.368 e. The van der Waals surface area contributed by atoms with Crippen LogP contribution in [0, 0.1) is 0 Å². The molecule has 0 rings (SSSR count). The van der Waals surface area contributed by atoms with E-state index in [0.717, 1.165) is 32.1 Å². The van der Waals surface area contributed by atoms with Crippen molar-refractivity contribution >= 4 is 76.0 Å². The van der Waals surface area contributed by atoms with Crippen LogP contribution >= 0.6 is 60.6 Å². The van der Waals surface area contributed by atoms with Crippen LogP contribution in [-0.2, 0) is 46.9 Å². The van der Waals surface area contributed by atoms with E-state index in [4.69, 9.17) is 49.7 Å². The van der Waals surface area contributed by atoms with Crippen LogP contribution in [0.1, 0.15) is 197 Å². The van der Waals surface area contributed by atoms with Gasteiger partial charge >= 0.3 is 0 Å². The van der Waals surface area contributed by atoms with Crippen molar-refractivity contribution in [3.05, 3.63) is 0 Å². The lowest BCUT2D eigenvalue weighted by atomic mass is 10.1. The lowest BCUT2D eigenvalue weighted by Gasteiger charge is -2.48. The highest BCUT2D eigenvalue weighted by atomic mass is 32.2. The van der Waals surface area contributed by atoms with Gasteiger partial charge in [0.1, 0.15) is 6.61 Å². The number of rotatable bonds is 52. The first-order valence-electron chi connectivity index (χ1n) is 31.1. The topological polar surface area (TPSA) is 213 Å². The van der Waals surface area contributed by atoms with Gasteiger partial charge in [-0.25, -0.2) is 28.0 Å². The number of hydrogen-bond donors (Lipinski definition) is 3. The summed E-state index contributed by atoms with van der Waals surface area (Å²) in [6.07, 6.45) is 4.93. The minimum Gasteiger partial charge on any atom is -0.368 e. The van der Waals surface area contributed by atoms with Crippen LogP contribution in [0.5, 0.6) is 0 Å². The molecule has 0 bridgehead atoms. The van der Waals surface area contributed by atoms with Gasteiger partial charge in [-0.3, -0.25) is 14.4 Å². The zero-order chi connectivity index (χ0) is 63.4. The smallest absolute Gasteiger partial charge is 0.192 e. The predicted molar refractivity (Wildman–Crippen MR) is 358 cm³/mol. The van der Waals surface area contributed by atoms with E-state index in [-0.39, 0.29) is 107 Å². The Morgan fingerprint density at radius 1 is 0.410 bits per heavy atom. The van der Waals surface area contributed by atoms with E-state index < -0.39 is 31.6 Å². The van der Waals surface area contributed by atoms with Gasteiger partial charge in [-0.2, -0.15) is 0 Å². The molecule has 0 saturated heterocycles. The Morgan fingerprint density at radius 2 is 0.771 bits per heavy atom. The normalized spacial score (nSPS) is 15.8. The average Bonchev–Trinajstić information content (AvgIpc) is 3.41. The lowest BCUT2D eigenvalue weighted by molar-refractivity contribution is -0.152. The summed E-state index contributed by atoms with van der Waals surface area (Å²) in [7, 11) is -3.79. The SMILES string of the molecule is CCOC(COP(N(C(C)C)C(C)C)N(C(C)C)C(C)CCC(C)N(C(C)C)P(OCOCCCSC(=O)CCN)N(C(C)C)C(C)CCC(C)N(C(C)C)P(OCCOCSC(=O)CCN)N(C(C)C)C(C)C)OCCSC(=O)CCN. The number of nitrogens with two attached hydrogens (primary N) is 3. The van der Waals surface area contributed by atoms with Crippen molar-refractivity contribution in [3.63, 3.8) is 0 Å². The summed E-state index contributed by atoms with van der Waals surface area (Å²) in [5.41, 5.74) is 16.8. The molecule has 8 atom stereocenters. The number of hydrogen-bond acceptors (Lipinski definition) is 22. The van der Waals surface area contributed by atoms with Gasteiger partial charge in [0.25, 0.3) is 0 Å². The standard InChI is InChI=1S/C58H124N9O10P3S3/c1-22-73-58(74-37-39-82-56(69)29-32-60)40-76-79(63(45(6)7)46(8)9)65(48(12)13)52(19)25-27-54(21)67(50(16)17)80(77-41-71-34-23-38-81-55(68)28-31-59)66(49(14)15)53(20)26-24-51(18)64(47(10)11)78(62(43(2)3)44(4)5)75-36-35-72-42-83-57(70)30-33-61/h43-54,58H,22-42,59-61H2,1-21H3. The van der Waals surface area contributed by atoms with Gasteiger partial charge in [-0.05, 0) is 178 Å². The van der Waals surface area contributed by atoms with Crippen molar-refractivity contribution < 1.29 is 46.9 Å². The highest BCUT2D eigenvalue weighted by Crippen LogP contribution is 2.55. The van der Waals surface area contributed by atoms with Crippen molar-refractivity contribution in [3.8, 4) is 0 Å². The van der Waals surface area contributed by atoms with Crippen LogP contribution in [0.2, 0.25) is 0 Å². The van der Waals surface area contributed by atoms with Gasteiger partial charge in [-0.15, -0.1) is 0 Å². The third-order valence-electron chi connectivity index (χ3n) is 13.3. The Morgan fingerprint density at radius 3 is 1.14 bits per heavy atom. The molecular weight excluding hydrogens is 1170 g/mol. The number of carbonyl (C=O) groups excluding carboxylic acids is 3. The number of nitrogens with zero attached hydrogens (tertiary/aromatic N) is 6. The second-order valence-electron chi connectivity index (χ2n) is 23.3. The molecule has 19 nitrogen and oxygen atoms in total. The molecule has 8 unspecified atom stereocenters. The quantitative estimate of drug-likeness (QED) is 0.0293. The Kier molecular flexibility index (Phi) is 48.9. The van der Waals surface area contributed by atoms with Crippen molar-refractivity contribution in [1.29, 1.82) is 0 Å². The molecule has 0 saturated carbocycles. The Labute approximate surface area is 524 Å². The Balaban J connectivity index is 7.06. The zero-order valence-electron chi connectivity index (χ0n) is 55.9. The van der Waals surface area contributed by atoms with E-state index in [2.05, 4.69) is 166 Å². The Hall–Kier alpha value is 0.710. The van der Waals surface area contributed by atoms with Gasteiger partial charge in [0.15, 0.2) is 53.8 Å².